The van der Waals surface area contributed by atoms with Gasteiger partial charge < -0.3 is 54.2 Å². The number of phenols is 1. The maximum absolute atomic E-state index is 13.1. The zero-order chi connectivity index (χ0) is 31.1. The number of aliphatic imine (C=N–C) groups is 1. The molecule has 0 aliphatic carbocycles. The molecular formula is C24H36N8O9. The minimum Gasteiger partial charge on any atom is -0.508 e. The van der Waals surface area contributed by atoms with Crippen LogP contribution in [-0.4, -0.2) is 87.6 Å². The first kappa shape index (κ1) is 34.1. The average Bonchev–Trinajstić information content (AvgIpc) is 2.87. The van der Waals surface area contributed by atoms with Crippen LogP contribution in [0.25, 0.3) is 0 Å². The number of carbonyl (C=O) groups is 6. The number of amides is 4. The number of nitrogens with zero attached hydrogens (tertiary/aromatic N) is 1. The van der Waals surface area contributed by atoms with Crippen LogP contribution in [0.1, 0.15) is 37.7 Å². The molecule has 4 atom stereocenters. The van der Waals surface area contributed by atoms with E-state index in [2.05, 4.69) is 20.9 Å². The third kappa shape index (κ3) is 13.6. The average molecular weight is 581 g/mol. The molecule has 1 rings (SSSR count). The summed E-state index contributed by atoms with van der Waals surface area (Å²) in [4.78, 5) is 76.5. The van der Waals surface area contributed by atoms with Crippen LogP contribution in [-0.2, 0) is 35.2 Å². The normalized spacial score (nSPS) is 13.5. The maximum atomic E-state index is 13.1. The fraction of sp³-hybridized carbons (Fsp3) is 0.458. The highest BCUT2D eigenvalue weighted by Gasteiger charge is 2.31. The number of phenolic OH excluding ortho intramolecular Hbond substituents is 1. The third-order valence-corrected chi connectivity index (χ3v) is 5.61. The van der Waals surface area contributed by atoms with E-state index in [1.54, 1.807) is 0 Å². The van der Waals surface area contributed by atoms with E-state index in [1.807, 2.05) is 0 Å². The molecule has 4 unspecified atom stereocenters. The number of guanidine groups is 1. The molecule has 0 heterocycles. The number of benzene rings is 1. The minimum atomic E-state index is -1.51. The SMILES string of the molecule is NC(=O)CCC(NC(=O)C(N)CC(=O)O)C(=O)NC(CCCN=C(N)N)C(=O)NC(Cc1ccc(O)cc1)C(=O)O. The molecule has 0 bridgehead atoms. The summed E-state index contributed by atoms with van der Waals surface area (Å²) in [6, 6.07) is -0.0268. The zero-order valence-corrected chi connectivity index (χ0v) is 22.1. The fourth-order valence-electron chi connectivity index (χ4n) is 3.50. The number of carboxylic acids is 2. The molecule has 1 aromatic rings. The summed E-state index contributed by atoms with van der Waals surface area (Å²) in [6.45, 7) is 0.0731. The summed E-state index contributed by atoms with van der Waals surface area (Å²) in [5.74, 6) is -6.56. The van der Waals surface area contributed by atoms with Gasteiger partial charge in [0.05, 0.1) is 12.5 Å². The highest BCUT2D eigenvalue weighted by Crippen LogP contribution is 2.12. The largest absolute Gasteiger partial charge is 0.508 e. The summed E-state index contributed by atoms with van der Waals surface area (Å²) in [5.41, 5.74) is 21.8. The van der Waals surface area contributed by atoms with E-state index in [0.29, 0.717) is 5.56 Å². The molecule has 226 valence electrons. The molecule has 17 nitrogen and oxygen atoms in total. The lowest BCUT2D eigenvalue weighted by molar-refractivity contribution is -0.142. The molecule has 0 saturated heterocycles. The Morgan fingerprint density at radius 1 is 0.805 bits per heavy atom. The molecule has 17 heteroatoms. The number of primary amides is 1. The number of carboxylic acid groups (broad SMARTS) is 2. The Morgan fingerprint density at radius 2 is 1.34 bits per heavy atom. The van der Waals surface area contributed by atoms with E-state index in [1.165, 1.54) is 24.3 Å². The first-order valence-electron chi connectivity index (χ1n) is 12.4. The van der Waals surface area contributed by atoms with Crippen LogP contribution in [0.3, 0.4) is 0 Å². The number of hydrogen-bond donors (Lipinski definition) is 10. The van der Waals surface area contributed by atoms with Crippen molar-refractivity contribution in [3.8, 4) is 5.75 Å². The summed E-state index contributed by atoms with van der Waals surface area (Å²) in [7, 11) is 0. The van der Waals surface area contributed by atoms with E-state index < -0.39 is 66.2 Å². The third-order valence-electron chi connectivity index (χ3n) is 5.61. The van der Waals surface area contributed by atoms with Crippen LogP contribution in [0.2, 0.25) is 0 Å². The lowest BCUT2D eigenvalue weighted by Gasteiger charge is -2.25. The number of nitrogens with two attached hydrogens (primary N) is 4. The van der Waals surface area contributed by atoms with Crippen molar-refractivity contribution in [3.05, 3.63) is 29.8 Å². The molecule has 4 amide bonds. The number of rotatable bonds is 18. The van der Waals surface area contributed by atoms with Crippen LogP contribution in [0, 0.1) is 0 Å². The van der Waals surface area contributed by atoms with E-state index in [4.69, 9.17) is 28.0 Å². The van der Waals surface area contributed by atoms with Crippen molar-refractivity contribution >= 4 is 41.5 Å². The molecule has 0 aliphatic heterocycles. The van der Waals surface area contributed by atoms with Crippen LogP contribution in [0.15, 0.2) is 29.3 Å². The molecular weight excluding hydrogens is 544 g/mol. The number of hydrogen-bond acceptors (Lipinski definition) is 9. The molecule has 1 aromatic carbocycles. The second-order valence-electron chi connectivity index (χ2n) is 9.05. The molecule has 0 fully saturated rings. The predicted molar refractivity (Wildman–Crippen MR) is 144 cm³/mol. The van der Waals surface area contributed by atoms with Gasteiger partial charge in [0.2, 0.25) is 23.6 Å². The predicted octanol–water partition coefficient (Wildman–Crippen LogP) is -3.41. The molecule has 41 heavy (non-hydrogen) atoms. The standard InChI is InChI=1S/C24H36N8O9/c25-14(11-19(35)36)20(37)30-16(7-8-18(26)34)22(39)31-15(2-1-9-29-24(27)28)21(38)32-17(23(40)41)10-12-3-5-13(33)6-4-12/h3-6,14-17,33H,1-2,7-11,25H2,(H2,26,34)(H,30,37)(H,31,39)(H,32,38)(H,35,36)(H,40,41)(H4,27,28,29). The number of carbonyl (C=O) groups excluding carboxylic acids is 4. The Kier molecular flexibility index (Phi) is 14.1. The molecule has 0 aromatic heterocycles. The van der Waals surface area contributed by atoms with Crippen molar-refractivity contribution in [1.82, 2.24) is 16.0 Å². The Labute approximate surface area is 234 Å². The fourth-order valence-corrected chi connectivity index (χ4v) is 3.50. The van der Waals surface area contributed by atoms with Crippen LogP contribution in [0.5, 0.6) is 5.75 Å². The van der Waals surface area contributed by atoms with Crippen molar-refractivity contribution in [2.45, 2.75) is 62.7 Å². The molecule has 0 aliphatic rings. The minimum absolute atomic E-state index is 0.0323. The summed E-state index contributed by atoms with van der Waals surface area (Å²) >= 11 is 0. The number of aliphatic carboxylic acids is 2. The zero-order valence-electron chi connectivity index (χ0n) is 22.1. The van der Waals surface area contributed by atoms with Crippen molar-refractivity contribution in [2.24, 2.45) is 27.9 Å². The van der Waals surface area contributed by atoms with E-state index >= 15 is 0 Å². The van der Waals surface area contributed by atoms with Gasteiger partial charge in [0, 0.05) is 19.4 Å². The van der Waals surface area contributed by atoms with Gasteiger partial charge in [0.1, 0.15) is 23.9 Å². The first-order valence-corrected chi connectivity index (χ1v) is 12.4. The summed E-state index contributed by atoms with van der Waals surface area (Å²) < 4.78 is 0. The van der Waals surface area contributed by atoms with E-state index in [0.717, 1.165) is 0 Å². The second-order valence-corrected chi connectivity index (χ2v) is 9.05. The van der Waals surface area contributed by atoms with Crippen molar-refractivity contribution in [1.29, 1.82) is 0 Å². The monoisotopic (exact) mass is 580 g/mol. The Balaban J connectivity index is 3.12. The van der Waals surface area contributed by atoms with Gasteiger partial charge in [0.25, 0.3) is 0 Å². The quantitative estimate of drug-likeness (QED) is 0.0461. The lowest BCUT2D eigenvalue weighted by Crippen LogP contribution is -2.57. The van der Waals surface area contributed by atoms with Crippen LogP contribution >= 0.6 is 0 Å². The van der Waals surface area contributed by atoms with Gasteiger partial charge in [-0.25, -0.2) is 4.79 Å². The molecule has 14 N–H and O–H groups in total. The van der Waals surface area contributed by atoms with Gasteiger partial charge in [-0.2, -0.15) is 0 Å². The molecule has 0 radical (unpaired) electrons. The number of nitrogens with one attached hydrogen (secondary N) is 3. The topological polar surface area (TPSA) is 316 Å². The van der Waals surface area contributed by atoms with E-state index in [-0.39, 0.29) is 50.4 Å². The Hall–Kier alpha value is -4.93. The first-order chi connectivity index (χ1) is 19.2. The highest BCUT2D eigenvalue weighted by molar-refractivity contribution is 5.95. The molecule has 0 spiro atoms. The van der Waals surface area contributed by atoms with Crippen LogP contribution in [0.4, 0.5) is 0 Å². The second kappa shape index (κ2) is 16.9. The van der Waals surface area contributed by atoms with Gasteiger partial charge in [-0.15, -0.1) is 0 Å². The van der Waals surface area contributed by atoms with Crippen molar-refractivity contribution in [2.75, 3.05) is 6.54 Å². The number of aromatic hydroxyl groups is 1. The summed E-state index contributed by atoms with van der Waals surface area (Å²) in [6.07, 6.45) is -1.41. The van der Waals surface area contributed by atoms with Crippen LogP contribution < -0.4 is 38.9 Å². The molecule has 0 saturated carbocycles. The highest BCUT2D eigenvalue weighted by atomic mass is 16.4. The van der Waals surface area contributed by atoms with Gasteiger partial charge >= 0.3 is 11.9 Å². The van der Waals surface area contributed by atoms with Crippen molar-refractivity contribution in [3.63, 3.8) is 0 Å². The Morgan fingerprint density at radius 3 is 1.85 bits per heavy atom. The smallest absolute Gasteiger partial charge is 0.326 e. The lowest BCUT2D eigenvalue weighted by atomic mass is 10.0. The van der Waals surface area contributed by atoms with Gasteiger partial charge in [-0.1, -0.05) is 12.1 Å². The van der Waals surface area contributed by atoms with E-state index in [9.17, 15) is 39.0 Å². The summed E-state index contributed by atoms with van der Waals surface area (Å²) in [5, 5.41) is 35.0. The van der Waals surface area contributed by atoms with Gasteiger partial charge in [-0.3, -0.25) is 29.0 Å². The maximum Gasteiger partial charge on any atom is 0.326 e. The van der Waals surface area contributed by atoms with Gasteiger partial charge in [-0.05, 0) is 37.0 Å². The van der Waals surface area contributed by atoms with Gasteiger partial charge in [0.15, 0.2) is 5.96 Å². The van der Waals surface area contributed by atoms with Crippen molar-refractivity contribution < 1.29 is 44.1 Å². The Bertz CT molecular complexity index is 1120.